The van der Waals surface area contributed by atoms with Crippen molar-refractivity contribution >= 4 is 29.2 Å². The fourth-order valence-electron chi connectivity index (χ4n) is 1.13. The second kappa shape index (κ2) is 4.18. The van der Waals surface area contributed by atoms with Crippen LogP contribution in [0.1, 0.15) is 20.8 Å². The molecule has 1 rings (SSSR count). The molecule has 3 N–H and O–H groups in total. The number of esters is 1. The molecule has 0 saturated heterocycles. The summed E-state index contributed by atoms with van der Waals surface area (Å²) in [6.07, 6.45) is 2.82. The maximum absolute atomic E-state index is 11.8. The Kier molecular flexibility index (Phi) is 3.45. The van der Waals surface area contributed by atoms with Crippen LogP contribution in [0.15, 0.2) is 23.0 Å². The highest BCUT2D eigenvalue weighted by Gasteiger charge is 2.40. The van der Waals surface area contributed by atoms with Gasteiger partial charge in [-0.3, -0.25) is 0 Å². The summed E-state index contributed by atoms with van der Waals surface area (Å²) in [5, 5.41) is 2.80. The van der Waals surface area contributed by atoms with Gasteiger partial charge in [0.2, 0.25) is 5.00 Å². The van der Waals surface area contributed by atoms with Gasteiger partial charge in [0.1, 0.15) is 10.8 Å². The maximum atomic E-state index is 11.8. The molecule has 0 aromatic heterocycles. The van der Waals surface area contributed by atoms with E-state index in [4.69, 9.17) is 33.7 Å². The van der Waals surface area contributed by atoms with E-state index in [1.165, 1.54) is 12.2 Å². The molecule has 1 atom stereocenters. The van der Waals surface area contributed by atoms with Crippen LogP contribution in [0.4, 0.5) is 0 Å². The quantitative estimate of drug-likeness (QED) is 0.431. The second-order valence-corrected chi connectivity index (χ2v) is 5.48. The van der Waals surface area contributed by atoms with Gasteiger partial charge in [0.15, 0.2) is 0 Å². The number of nitrogens with two attached hydrogens (primary N) is 1. The molecule has 1 heterocycles. The zero-order valence-electron chi connectivity index (χ0n) is 9.30. The lowest BCUT2D eigenvalue weighted by molar-refractivity contribution is -0.157. The fourth-order valence-corrected chi connectivity index (χ4v) is 1.72. The number of carbonyl (C=O) groups is 1. The van der Waals surface area contributed by atoms with Gasteiger partial charge in [0, 0.05) is 5.70 Å². The van der Waals surface area contributed by atoms with Gasteiger partial charge in [0.25, 0.3) is 0 Å². The highest BCUT2D eigenvalue weighted by atomic mass is 35.5. The Morgan fingerprint density at radius 3 is 2.56 bits per heavy atom. The third-order valence-corrected chi connectivity index (χ3v) is 2.22. The lowest BCUT2D eigenvalue weighted by Gasteiger charge is -2.30. The number of dihydropyridines is 1. The lowest BCUT2D eigenvalue weighted by Crippen LogP contribution is -2.49. The standard InChI is InChI=1S/C10H14Cl2N2O2/c1-9(2,3)16-8(15)10(12)5-6(13)4-7(11)14-10/h4-5,14H,13H2,1-3H3. The minimum absolute atomic E-state index is 0.195. The molecule has 1 aliphatic rings. The average Bonchev–Trinajstić information content (AvgIpc) is 1.97. The van der Waals surface area contributed by atoms with E-state index >= 15 is 0 Å². The number of carbonyl (C=O) groups excluding carboxylic acids is 1. The third-order valence-electron chi connectivity index (χ3n) is 1.66. The number of allylic oxidation sites excluding steroid dienone is 1. The van der Waals surface area contributed by atoms with Gasteiger partial charge >= 0.3 is 5.97 Å². The predicted molar refractivity (Wildman–Crippen MR) is 63.8 cm³/mol. The van der Waals surface area contributed by atoms with E-state index < -0.39 is 16.6 Å². The Bertz CT molecular complexity index is 372. The molecule has 0 aliphatic carbocycles. The van der Waals surface area contributed by atoms with Crippen LogP contribution in [0.25, 0.3) is 0 Å². The smallest absolute Gasteiger partial charge is 0.352 e. The molecule has 16 heavy (non-hydrogen) atoms. The van der Waals surface area contributed by atoms with Gasteiger partial charge in [-0.05, 0) is 32.9 Å². The highest BCUT2D eigenvalue weighted by molar-refractivity contribution is 6.37. The van der Waals surface area contributed by atoms with E-state index in [2.05, 4.69) is 5.32 Å². The molecule has 0 amide bonds. The van der Waals surface area contributed by atoms with E-state index in [1.54, 1.807) is 20.8 Å². The molecule has 0 fully saturated rings. The summed E-state index contributed by atoms with van der Waals surface area (Å²) in [6.45, 7) is 5.25. The summed E-state index contributed by atoms with van der Waals surface area (Å²) in [7, 11) is 0. The third kappa shape index (κ3) is 3.32. The molecule has 4 nitrogen and oxygen atoms in total. The van der Waals surface area contributed by atoms with Gasteiger partial charge in [-0.1, -0.05) is 23.2 Å². The number of hydrogen-bond acceptors (Lipinski definition) is 4. The number of halogens is 2. The first-order valence-electron chi connectivity index (χ1n) is 4.68. The van der Waals surface area contributed by atoms with Gasteiger partial charge in [-0.2, -0.15) is 0 Å². The summed E-state index contributed by atoms with van der Waals surface area (Å²) in [6, 6.07) is 0. The summed E-state index contributed by atoms with van der Waals surface area (Å²) in [5.74, 6) is -0.643. The van der Waals surface area contributed by atoms with Crippen LogP contribution in [0.2, 0.25) is 0 Å². The van der Waals surface area contributed by atoms with Crippen molar-refractivity contribution in [3.8, 4) is 0 Å². The molecule has 0 spiro atoms. The first-order chi connectivity index (χ1) is 7.12. The van der Waals surface area contributed by atoms with E-state index in [-0.39, 0.29) is 5.16 Å². The summed E-state index contributed by atoms with van der Waals surface area (Å²) >= 11 is 11.8. The number of hydrogen-bond donors (Lipinski definition) is 2. The Morgan fingerprint density at radius 1 is 1.56 bits per heavy atom. The normalized spacial score (nSPS) is 25.3. The van der Waals surface area contributed by atoms with Crippen molar-refractivity contribution in [1.29, 1.82) is 0 Å². The Hall–Kier alpha value is -0.870. The van der Waals surface area contributed by atoms with Gasteiger partial charge in [0.05, 0.1) is 0 Å². The number of ether oxygens (including phenoxy) is 1. The second-order valence-electron chi connectivity index (χ2n) is 4.48. The molecule has 0 aromatic rings. The van der Waals surface area contributed by atoms with Crippen molar-refractivity contribution < 1.29 is 9.53 Å². The van der Waals surface area contributed by atoms with E-state index in [9.17, 15) is 4.79 Å². The van der Waals surface area contributed by atoms with Crippen LogP contribution in [-0.4, -0.2) is 16.6 Å². The SMILES string of the molecule is CC(C)(C)OC(=O)C1(Cl)C=C(N)C=C(Cl)N1. The minimum Gasteiger partial charge on any atom is -0.457 e. The van der Waals surface area contributed by atoms with Crippen LogP contribution in [-0.2, 0) is 9.53 Å². The molecule has 0 aromatic carbocycles. The number of rotatable bonds is 1. The van der Waals surface area contributed by atoms with E-state index in [0.717, 1.165) is 0 Å². The fraction of sp³-hybridized carbons (Fsp3) is 0.500. The first kappa shape index (κ1) is 13.2. The Morgan fingerprint density at radius 2 is 2.12 bits per heavy atom. The van der Waals surface area contributed by atoms with Gasteiger partial charge in [-0.25, -0.2) is 4.79 Å². The van der Waals surface area contributed by atoms with Crippen molar-refractivity contribution in [1.82, 2.24) is 5.32 Å². The predicted octanol–water partition coefficient (Wildman–Crippen LogP) is 1.79. The van der Waals surface area contributed by atoms with Crippen LogP contribution in [0.5, 0.6) is 0 Å². The molecule has 0 saturated carbocycles. The number of nitrogens with one attached hydrogen (secondary N) is 1. The molecule has 90 valence electrons. The van der Waals surface area contributed by atoms with Crippen molar-refractivity contribution in [3.05, 3.63) is 23.0 Å². The zero-order chi connectivity index (χ0) is 12.6. The van der Waals surface area contributed by atoms with E-state index in [1.807, 2.05) is 0 Å². The molecule has 6 heteroatoms. The van der Waals surface area contributed by atoms with Crippen LogP contribution in [0, 0.1) is 0 Å². The Balaban J connectivity index is 2.88. The molecular weight excluding hydrogens is 251 g/mol. The zero-order valence-corrected chi connectivity index (χ0v) is 10.8. The molecule has 1 unspecified atom stereocenters. The van der Waals surface area contributed by atoms with Crippen molar-refractivity contribution in [3.63, 3.8) is 0 Å². The molecule has 1 aliphatic heterocycles. The molecule has 0 bridgehead atoms. The largest absolute Gasteiger partial charge is 0.457 e. The monoisotopic (exact) mass is 264 g/mol. The molecule has 0 radical (unpaired) electrons. The summed E-state index contributed by atoms with van der Waals surface area (Å²) in [5.41, 5.74) is 5.25. The van der Waals surface area contributed by atoms with E-state index in [0.29, 0.717) is 5.70 Å². The van der Waals surface area contributed by atoms with Crippen molar-refractivity contribution in [2.75, 3.05) is 0 Å². The van der Waals surface area contributed by atoms with Gasteiger partial charge < -0.3 is 15.8 Å². The maximum Gasteiger partial charge on any atom is 0.352 e. The van der Waals surface area contributed by atoms with Crippen LogP contribution in [0.3, 0.4) is 0 Å². The van der Waals surface area contributed by atoms with Crippen LogP contribution < -0.4 is 11.1 Å². The topological polar surface area (TPSA) is 64.3 Å². The average molecular weight is 265 g/mol. The first-order valence-corrected chi connectivity index (χ1v) is 5.44. The van der Waals surface area contributed by atoms with Crippen molar-refractivity contribution in [2.24, 2.45) is 5.73 Å². The minimum atomic E-state index is -1.54. The lowest BCUT2D eigenvalue weighted by atomic mass is 10.1. The summed E-state index contributed by atoms with van der Waals surface area (Å²) in [4.78, 5) is 10.3. The van der Waals surface area contributed by atoms with Crippen molar-refractivity contribution in [2.45, 2.75) is 31.4 Å². The number of alkyl halides is 1. The Labute approximate surface area is 104 Å². The highest BCUT2D eigenvalue weighted by Crippen LogP contribution is 2.26. The van der Waals surface area contributed by atoms with Crippen LogP contribution >= 0.6 is 23.2 Å². The van der Waals surface area contributed by atoms with Gasteiger partial charge in [-0.15, -0.1) is 0 Å². The molecular formula is C10H14Cl2N2O2. The summed E-state index contributed by atoms with van der Waals surface area (Å²) < 4.78 is 5.16.